The molecule has 3 N–H and O–H groups in total. The number of imidazole rings is 1. The second kappa shape index (κ2) is 9.08. The van der Waals surface area contributed by atoms with Crippen LogP contribution in [-0.4, -0.2) is 36.5 Å². The first-order valence-corrected chi connectivity index (χ1v) is 11.0. The zero-order valence-corrected chi connectivity index (χ0v) is 19.9. The summed E-state index contributed by atoms with van der Waals surface area (Å²) in [6.07, 6.45) is 4.17. The SMILES string of the molecule is CC(C)Oc1c([C@@H](C)c2nc(Cl)c3c(N)nccn23)cc(Cl)c(F)c1-c1ccc(C(=O)O)nc1. The summed E-state index contributed by atoms with van der Waals surface area (Å²) >= 11 is 12.6. The molecule has 3 heterocycles. The molecular formula is C23H20Cl2FN5O3. The highest BCUT2D eigenvalue weighted by molar-refractivity contribution is 6.33. The van der Waals surface area contributed by atoms with E-state index in [0.717, 1.165) is 0 Å². The standard InChI is InChI=1S/C23H20Cl2FN5O3/c1-10(2)34-19-13(11(3)22-30-20(25)18-21(27)28-6-7-31(18)22)8-14(24)17(26)16(19)12-4-5-15(23(32)33)29-9-12/h4-11H,1-3H3,(H2,27,28)(H,32,33)/t11-/m1/s1. The van der Waals surface area contributed by atoms with E-state index < -0.39 is 17.7 Å². The number of pyridine rings is 1. The molecule has 0 unspecified atom stereocenters. The van der Waals surface area contributed by atoms with Crippen molar-refractivity contribution in [2.45, 2.75) is 32.8 Å². The van der Waals surface area contributed by atoms with E-state index in [1.807, 2.05) is 20.8 Å². The lowest BCUT2D eigenvalue weighted by atomic mass is 9.93. The summed E-state index contributed by atoms with van der Waals surface area (Å²) in [4.78, 5) is 23.6. The number of halogens is 3. The Hall–Kier alpha value is -3.43. The molecule has 0 bridgehead atoms. The van der Waals surface area contributed by atoms with E-state index in [9.17, 15) is 4.79 Å². The molecule has 0 saturated carbocycles. The number of aromatic nitrogens is 4. The van der Waals surface area contributed by atoms with E-state index >= 15 is 4.39 Å². The van der Waals surface area contributed by atoms with Crippen molar-refractivity contribution in [3.8, 4) is 16.9 Å². The second-order valence-electron chi connectivity index (χ2n) is 7.88. The van der Waals surface area contributed by atoms with Crippen molar-refractivity contribution < 1.29 is 19.0 Å². The normalized spacial score (nSPS) is 12.3. The van der Waals surface area contributed by atoms with Gasteiger partial charge < -0.3 is 15.6 Å². The zero-order chi connectivity index (χ0) is 24.7. The summed E-state index contributed by atoms with van der Waals surface area (Å²) in [6.45, 7) is 5.48. The third-order valence-electron chi connectivity index (χ3n) is 5.25. The average Bonchev–Trinajstić information content (AvgIpc) is 3.13. The number of rotatable bonds is 6. The molecule has 1 aromatic carbocycles. The molecule has 4 aromatic rings. The minimum Gasteiger partial charge on any atom is -0.490 e. The molecule has 176 valence electrons. The van der Waals surface area contributed by atoms with E-state index in [0.29, 0.717) is 22.5 Å². The quantitative estimate of drug-likeness (QED) is 0.358. The number of ether oxygens (including phenoxy) is 1. The molecule has 34 heavy (non-hydrogen) atoms. The highest BCUT2D eigenvalue weighted by atomic mass is 35.5. The van der Waals surface area contributed by atoms with Gasteiger partial charge in [-0.25, -0.2) is 24.1 Å². The summed E-state index contributed by atoms with van der Waals surface area (Å²) in [5, 5.41) is 9.20. The lowest BCUT2D eigenvalue weighted by molar-refractivity contribution is 0.0690. The number of benzene rings is 1. The molecule has 0 radical (unpaired) electrons. The van der Waals surface area contributed by atoms with Gasteiger partial charge in [-0.1, -0.05) is 36.2 Å². The van der Waals surface area contributed by atoms with E-state index in [1.165, 1.54) is 30.6 Å². The van der Waals surface area contributed by atoms with Crippen LogP contribution in [0.15, 0.2) is 36.8 Å². The zero-order valence-electron chi connectivity index (χ0n) is 18.4. The van der Waals surface area contributed by atoms with Crippen molar-refractivity contribution in [1.82, 2.24) is 19.4 Å². The van der Waals surface area contributed by atoms with Gasteiger partial charge >= 0.3 is 5.97 Å². The fourth-order valence-electron chi connectivity index (χ4n) is 3.73. The number of nitrogens with two attached hydrogens (primary N) is 1. The fourth-order valence-corrected chi connectivity index (χ4v) is 4.21. The number of aromatic carboxylic acids is 1. The van der Waals surface area contributed by atoms with E-state index in [4.69, 9.17) is 38.8 Å². The number of fused-ring (bicyclic) bond motifs is 1. The van der Waals surface area contributed by atoms with Crippen LogP contribution in [0.3, 0.4) is 0 Å². The Balaban J connectivity index is 1.96. The van der Waals surface area contributed by atoms with Gasteiger partial charge in [0.15, 0.2) is 16.8 Å². The molecule has 3 aromatic heterocycles. The van der Waals surface area contributed by atoms with Crippen LogP contribution in [0.1, 0.15) is 48.6 Å². The Bertz CT molecular complexity index is 1410. The number of nitrogen functional groups attached to an aromatic ring is 1. The van der Waals surface area contributed by atoms with Gasteiger partial charge in [0, 0.05) is 35.6 Å². The van der Waals surface area contributed by atoms with Crippen LogP contribution >= 0.6 is 23.2 Å². The molecule has 0 saturated heterocycles. The van der Waals surface area contributed by atoms with E-state index in [1.54, 1.807) is 10.6 Å². The third-order valence-corrected chi connectivity index (χ3v) is 5.79. The fraction of sp³-hybridized carbons (Fsp3) is 0.217. The monoisotopic (exact) mass is 503 g/mol. The molecule has 0 aliphatic carbocycles. The summed E-state index contributed by atoms with van der Waals surface area (Å²) < 4.78 is 23.2. The van der Waals surface area contributed by atoms with Gasteiger partial charge in [0.1, 0.15) is 22.8 Å². The number of nitrogens with zero attached hydrogens (tertiary/aromatic N) is 4. The van der Waals surface area contributed by atoms with Crippen molar-refractivity contribution in [2.24, 2.45) is 0 Å². The van der Waals surface area contributed by atoms with Gasteiger partial charge in [-0.2, -0.15) is 0 Å². The van der Waals surface area contributed by atoms with E-state index in [-0.39, 0.29) is 39.1 Å². The summed E-state index contributed by atoms with van der Waals surface area (Å²) in [5.41, 5.74) is 7.20. The number of hydrogen-bond acceptors (Lipinski definition) is 6. The minimum absolute atomic E-state index is 0.0700. The topological polar surface area (TPSA) is 116 Å². The minimum atomic E-state index is -1.19. The molecular weight excluding hydrogens is 484 g/mol. The first kappa shape index (κ1) is 23.7. The number of hydrogen-bond donors (Lipinski definition) is 2. The average molecular weight is 504 g/mol. The van der Waals surface area contributed by atoms with Crippen LogP contribution < -0.4 is 10.5 Å². The van der Waals surface area contributed by atoms with Crippen LogP contribution in [0.25, 0.3) is 16.6 Å². The molecule has 0 spiro atoms. The molecule has 0 aliphatic rings. The Morgan fingerprint density at radius 3 is 2.59 bits per heavy atom. The van der Waals surface area contributed by atoms with Gasteiger partial charge in [-0.3, -0.25) is 4.40 Å². The Morgan fingerprint density at radius 2 is 1.97 bits per heavy atom. The first-order valence-electron chi connectivity index (χ1n) is 10.3. The number of carbonyl (C=O) groups is 1. The summed E-state index contributed by atoms with van der Waals surface area (Å²) in [7, 11) is 0. The summed E-state index contributed by atoms with van der Waals surface area (Å²) in [6, 6.07) is 4.24. The van der Waals surface area contributed by atoms with Crippen molar-refractivity contribution >= 4 is 40.5 Å². The maximum absolute atomic E-state index is 15.4. The number of carboxylic acid groups (broad SMARTS) is 1. The molecule has 0 aliphatic heterocycles. The molecule has 0 amide bonds. The second-order valence-corrected chi connectivity index (χ2v) is 8.65. The summed E-state index contributed by atoms with van der Waals surface area (Å²) in [5.74, 6) is -1.38. The van der Waals surface area contributed by atoms with Gasteiger partial charge in [0.2, 0.25) is 0 Å². The van der Waals surface area contributed by atoms with Crippen LogP contribution in [0.4, 0.5) is 10.2 Å². The highest BCUT2D eigenvalue weighted by Gasteiger charge is 2.28. The van der Waals surface area contributed by atoms with E-state index in [2.05, 4.69) is 15.0 Å². The maximum Gasteiger partial charge on any atom is 0.354 e. The third kappa shape index (κ3) is 4.12. The lowest BCUT2D eigenvalue weighted by Gasteiger charge is -2.23. The molecule has 0 fully saturated rings. The molecule has 8 nitrogen and oxygen atoms in total. The largest absolute Gasteiger partial charge is 0.490 e. The maximum atomic E-state index is 15.4. The van der Waals surface area contributed by atoms with Crippen LogP contribution in [-0.2, 0) is 0 Å². The first-order chi connectivity index (χ1) is 16.1. The number of anilines is 1. The van der Waals surface area contributed by atoms with Crippen LogP contribution in [0, 0.1) is 5.82 Å². The van der Waals surface area contributed by atoms with Gasteiger partial charge in [0.05, 0.1) is 16.7 Å². The van der Waals surface area contributed by atoms with Crippen molar-refractivity contribution in [3.05, 3.63) is 69.9 Å². The molecule has 4 rings (SSSR count). The lowest BCUT2D eigenvalue weighted by Crippen LogP contribution is -2.13. The van der Waals surface area contributed by atoms with Crippen LogP contribution in [0.5, 0.6) is 5.75 Å². The predicted octanol–water partition coefficient (Wildman–Crippen LogP) is 5.46. The molecule has 11 heteroatoms. The Labute approximate surface area is 204 Å². The Kier molecular flexibility index (Phi) is 6.33. The van der Waals surface area contributed by atoms with Gasteiger partial charge in [-0.15, -0.1) is 0 Å². The smallest absolute Gasteiger partial charge is 0.354 e. The predicted molar refractivity (Wildman–Crippen MR) is 127 cm³/mol. The van der Waals surface area contributed by atoms with Crippen LogP contribution in [0.2, 0.25) is 10.2 Å². The van der Waals surface area contributed by atoms with Crippen molar-refractivity contribution in [1.29, 1.82) is 0 Å². The Morgan fingerprint density at radius 1 is 1.24 bits per heavy atom. The highest BCUT2D eigenvalue weighted by Crippen LogP contribution is 2.44. The van der Waals surface area contributed by atoms with Gasteiger partial charge in [-0.05, 0) is 26.0 Å². The van der Waals surface area contributed by atoms with Crippen molar-refractivity contribution in [2.75, 3.05) is 5.73 Å². The van der Waals surface area contributed by atoms with Crippen molar-refractivity contribution in [3.63, 3.8) is 0 Å². The van der Waals surface area contributed by atoms with Gasteiger partial charge in [0.25, 0.3) is 0 Å². The molecule has 1 atom stereocenters. The number of carboxylic acids is 1.